The maximum Gasteiger partial charge on any atom is 0.247 e. The molecular formula is C25H27NO4S. The smallest absolute Gasteiger partial charge is 0.247 e. The largest absolute Gasteiger partial charge is 0.492 e. The van der Waals surface area contributed by atoms with Crippen molar-refractivity contribution in [3.05, 3.63) is 83.5 Å². The number of ether oxygens (including phenoxy) is 2. The number of hydrogen-bond donors (Lipinski definition) is 0. The SMILES string of the molecule is O=S(=O)(c1cccc2c1OCC2)N1Cc2ccccc2COCC1CC1C=CC=CC1. The lowest BCUT2D eigenvalue weighted by Crippen LogP contribution is -2.44. The summed E-state index contributed by atoms with van der Waals surface area (Å²) in [5.74, 6) is 0.807. The molecule has 3 aliphatic rings. The highest BCUT2D eigenvalue weighted by atomic mass is 32.2. The maximum absolute atomic E-state index is 14.0. The summed E-state index contributed by atoms with van der Waals surface area (Å²) in [5, 5.41) is 0. The van der Waals surface area contributed by atoms with E-state index in [1.54, 1.807) is 10.4 Å². The Morgan fingerprint density at radius 1 is 1.00 bits per heavy atom. The third-order valence-electron chi connectivity index (χ3n) is 6.33. The van der Waals surface area contributed by atoms with E-state index in [9.17, 15) is 8.42 Å². The molecule has 5 nitrogen and oxygen atoms in total. The highest BCUT2D eigenvalue weighted by Gasteiger charge is 2.37. The molecule has 0 fully saturated rings. The normalized spacial score (nSPS) is 23.5. The molecule has 0 bridgehead atoms. The van der Waals surface area contributed by atoms with Crippen molar-refractivity contribution in [2.45, 2.75) is 43.4 Å². The highest BCUT2D eigenvalue weighted by molar-refractivity contribution is 7.89. The van der Waals surface area contributed by atoms with Crippen LogP contribution in [-0.4, -0.2) is 32.0 Å². The Balaban J connectivity index is 1.55. The minimum absolute atomic E-state index is 0.253. The molecule has 0 amide bonds. The second-order valence-corrected chi connectivity index (χ2v) is 10.2. The molecule has 0 aromatic heterocycles. The van der Waals surface area contributed by atoms with Crippen molar-refractivity contribution in [2.24, 2.45) is 5.92 Å². The lowest BCUT2D eigenvalue weighted by molar-refractivity contribution is 0.0604. The van der Waals surface area contributed by atoms with E-state index in [0.29, 0.717) is 38.0 Å². The van der Waals surface area contributed by atoms with E-state index in [2.05, 4.69) is 12.2 Å². The number of sulfonamides is 1. The van der Waals surface area contributed by atoms with Crippen molar-refractivity contribution in [3.63, 3.8) is 0 Å². The van der Waals surface area contributed by atoms with Crippen molar-refractivity contribution in [1.29, 1.82) is 0 Å². The molecule has 6 heteroatoms. The van der Waals surface area contributed by atoms with E-state index in [-0.39, 0.29) is 10.9 Å². The third kappa shape index (κ3) is 4.07. The first-order chi connectivity index (χ1) is 15.1. The fraction of sp³-hybridized carbons (Fsp3) is 0.360. The maximum atomic E-state index is 14.0. The molecular weight excluding hydrogens is 410 g/mol. The zero-order valence-electron chi connectivity index (χ0n) is 17.4. The molecule has 2 aromatic rings. The van der Waals surface area contributed by atoms with Crippen LogP contribution in [0.15, 0.2) is 71.7 Å². The van der Waals surface area contributed by atoms with Gasteiger partial charge in [0, 0.05) is 19.0 Å². The predicted octanol–water partition coefficient (Wildman–Crippen LogP) is 4.23. The van der Waals surface area contributed by atoms with Gasteiger partial charge in [-0.2, -0.15) is 4.31 Å². The quantitative estimate of drug-likeness (QED) is 0.718. The molecule has 0 N–H and O–H groups in total. The van der Waals surface area contributed by atoms with E-state index in [4.69, 9.17) is 9.47 Å². The first kappa shape index (κ1) is 20.5. The van der Waals surface area contributed by atoms with Gasteiger partial charge in [0.2, 0.25) is 10.0 Å². The van der Waals surface area contributed by atoms with Crippen LogP contribution in [0.3, 0.4) is 0 Å². The molecule has 1 aliphatic carbocycles. The molecule has 0 saturated carbocycles. The molecule has 31 heavy (non-hydrogen) atoms. The zero-order chi connectivity index (χ0) is 21.3. The third-order valence-corrected chi connectivity index (χ3v) is 8.25. The summed E-state index contributed by atoms with van der Waals surface area (Å²) in [7, 11) is -3.78. The number of rotatable bonds is 4. The number of benzene rings is 2. The molecule has 162 valence electrons. The van der Waals surface area contributed by atoms with Crippen LogP contribution in [0, 0.1) is 5.92 Å². The van der Waals surface area contributed by atoms with Crippen LogP contribution >= 0.6 is 0 Å². The molecule has 0 radical (unpaired) electrons. The fourth-order valence-corrected chi connectivity index (χ4v) is 6.45. The van der Waals surface area contributed by atoms with Gasteiger partial charge in [-0.3, -0.25) is 0 Å². The molecule has 2 aromatic carbocycles. The zero-order valence-corrected chi connectivity index (χ0v) is 18.3. The summed E-state index contributed by atoms with van der Waals surface area (Å²) >= 11 is 0. The summed E-state index contributed by atoms with van der Waals surface area (Å²) in [6.45, 7) is 1.74. The van der Waals surface area contributed by atoms with Crippen molar-refractivity contribution < 1.29 is 17.9 Å². The Hall–Kier alpha value is -2.41. The Morgan fingerprint density at radius 3 is 2.68 bits per heavy atom. The summed E-state index contributed by atoms with van der Waals surface area (Å²) in [6, 6.07) is 13.1. The summed E-state index contributed by atoms with van der Waals surface area (Å²) in [4.78, 5) is 0.268. The van der Waals surface area contributed by atoms with Gasteiger partial charge in [0.1, 0.15) is 10.6 Å². The fourth-order valence-electron chi connectivity index (χ4n) is 4.67. The van der Waals surface area contributed by atoms with Crippen LogP contribution in [0.25, 0.3) is 0 Å². The van der Waals surface area contributed by atoms with Crippen LogP contribution in [-0.2, 0) is 34.3 Å². The van der Waals surface area contributed by atoms with Gasteiger partial charge >= 0.3 is 0 Å². The van der Waals surface area contributed by atoms with E-state index in [0.717, 1.165) is 36.0 Å². The van der Waals surface area contributed by atoms with Gasteiger partial charge in [-0.1, -0.05) is 60.7 Å². The molecule has 5 rings (SSSR count). The van der Waals surface area contributed by atoms with Crippen molar-refractivity contribution >= 4 is 10.0 Å². The van der Waals surface area contributed by atoms with Gasteiger partial charge in [0.25, 0.3) is 0 Å². The minimum Gasteiger partial charge on any atom is -0.492 e. The average Bonchev–Trinajstić information content (AvgIpc) is 3.25. The molecule has 2 atom stereocenters. The van der Waals surface area contributed by atoms with Crippen LogP contribution in [0.2, 0.25) is 0 Å². The van der Waals surface area contributed by atoms with Gasteiger partial charge in [-0.25, -0.2) is 8.42 Å². The molecule has 0 saturated heterocycles. The average molecular weight is 438 g/mol. The van der Waals surface area contributed by atoms with Gasteiger partial charge in [0.15, 0.2) is 0 Å². The molecule has 2 aliphatic heterocycles. The molecule has 0 spiro atoms. The number of hydrogen-bond acceptors (Lipinski definition) is 4. The second-order valence-electron chi connectivity index (χ2n) is 8.38. The standard InChI is InChI=1S/C25H27NO4S/c27-31(28,24-12-6-11-20-13-14-30-25(20)24)26-16-21-9-4-5-10-22(21)17-29-18-23(26)15-19-7-2-1-3-8-19/h1-7,9-12,19,23H,8,13-18H2. The Labute approximate surface area is 184 Å². The van der Waals surface area contributed by atoms with Crippen LogP contribution in [0.4, 0.5) is 0 Å². The second kappa shape index (κ2) is 8.61. The van der Waals surface area contributed by atoms with Crippen LogP contribution in [0.5, 0.6) is 5.75 Å². The lowest BCUT2D eigenvalue weighted by Gasteiger charge is -2.35. The summed E-state index contributed by atoms with van der Waals surface area (Å²) in [5.41, 5.74) is 2.99. The number of fused-ring (bicyclic) bond motifs is 2. The van der Waals surface area contributed by atoms with Crippen molar-refractivity contribution in [3.8, 4) is 5.75 Å². The van der Waals surface area contributed by atoms with E-state index in [1.807, 2.05) is 48.6 Å². The van der Waals surface area contributed by atoms with Crippen LogP contribution < -0.4 is 4.74 Å². The molecule has 2 unspecified atom stereocenters. The summed E-state index contributed by atoms with van der Waals surface area (Å²) < 4.78 is 41.5. The van der Waals surface area contributed by atoms with Crippen LogP contribution in [0.1, 0.15) is 29.5 Å². The van der Waals surface area contributed by atoms with Gasteiger partial charge in [-0.15, -0.1) is 0 Å². The number of para-hydroxylation sites is 1. The topological polar surface area (TPSA) is 55.8 Å². The van der Waals surface area contributed by atoms with Gasteiger partial charge < -0.3 is 9.47 Å². The molecule has 2 heterocycles. The highest BCUT2D eigenvalue weighted by Crippen LogP contribution is 2.37. The monoisotopic (exact) mass is 437 g/mol. The first-order valence-electron chi connectivity index (χ1n) is 10.9. The Morgan fingerprint density at radius 2 is 1.84 bits per heavy atom. The first-order valence-corrected chi connectivity index (χ1v) is 12.3. The van der Waals surface area contributed by atoms with Gasteiger partial charge in [0.05, 0.1) is 19.8 Å². The van der Waals surface area contributed by atoms with E-state index < -0.39 is 10.0 Å². The lowest BCUT2D eigenvalue weighted by atomic mass is 9.93. The number of allylic oxidation sites excluding steroid dienone is 4. The van der Waals surface area contributed by atoms with Crippen molar-refractivity contribution in [2.75, 3.05) is 13.2 Å². The predicted molar refractivity (Wildman–Crippen MR) is 119 cm³/mol. The Kier molecular flexibility index (Phi) is 5.69. The van der Waals surface area contributed by atoms with E-state index >= 15 is 0 Å². The summed E-state index contributed by atoms with van der Waals surface area (Å²) in [6.07, 6.45) is 10.8. The minimum atomic E-state index is -3.78. The van der Waals surface area contributed by atoms with Crippen molar-refractivity contribution in [1.82, 2.24) is 4.31 Å². The van der Waals surface area contributed by atoms with E-state index in [1.165, 1.54) is 0 Å². The van der Waals surface area contributed by atoms with Gasteiger partial charge in [-0.05, 0) is 41.5 Å². The number of nitrogens with zero attached hydrogens (tertiary/aromatic N) is 1. The Bertz CT molecular complexity index is 1120.